The fourth-order valence-corrected chi connectivity index (χ4v) is 3.15. The SMILES string of the molecule is O=C(CSc1n[nH]c(N/N=C\c2ccccc2)n1)NCCc1ccccc1Cl. The molecule has 0 unspecified atom stereocenters. The van der Waals surface area contributed by atoms with Gasteiger partial charge in [0.05, 0.1) is 12.0 Å². The summed E-state index contributed by atoms with van der Waals surface area (Å²) in [7, 11) is 0. The van der Waals surface area contributed by atoms with Crippen molar-refractivity contribution in [2.24, 2.45) is 5.10 Å². The van der Waals surface area contributed by atoms with E-state index in [-0.39, 0.29) is 11.7 Å². The number of carbonyl (C=O) groups is 1. The number of aromatic nitrogens is 3. The fourth-order valence-electron chi connectivity index (χ4n) is 2.29. The van der Waals surface area contributed by atoms with Crippen LogP contribution in [0.5, 0.6) is 0 Å². The molecule has 1 aromatic heterocycles. The van der Waals surface area contributed by atoms with Crippen molar-refractivity contribution in [3.63, 3.8) is 0 Å². The molecule has 0 spiro atoms. The average Bonchev–Trinajstić information content (AvgIpc) is 3.16. The molecule has 28 heavy (non-hydrogen) atoms. The van der Waals surface area contributed by atoms with Gasteiger partial charge in [0, 0.05) is 11.6 Å². The number of benzene rings is 2. The summed E-state index contributed by atoms with van der Waals surface area (Å²) in [6.45, 7) is 0.526. The van der Waals surface area contributed by atoms with Crippen LogP contribution in [-0.4, -0.2) is 39.6 Å². The molecular weight excluding hydrogens is 396 g/mol. The topological polar surface area (TPSA) is 95.1 Å². The number of carbonyl (C=O) groups excluding carboxylic acids is 1. The molecule has 1 heterocycles. The summed E-state index contributed by atoms with van der Waals surface area (Å²) in [5.41, 5.74) is 4.75. The number of hydrogen-bond acceptors (Lipinski definition) is 6. The standard InChI is InChI=1S/C19H19ClN6OS/c20-16-9-5-4-8-15(16)10-11-21-17(27)13-28-19-23-18(25-26-19)24-22-12-14-6-2-1-3-7-14/h1-9,12H,10-11,13H2,(H,21,27)(H2,23,24,25,26)/b22-12-. The highest BCUT2D eigenvalue weighted by molar-refractivity contribution is 7.99. The van der Waals surface area contributed by atoms with Crippen molar-refractivity contribution in [2.45, 2.75) is 11.6 Å². The van der Waals surface area contributed by atoms with E-state index in [9.17, 15) is 4.79 Å². The quantitative estimate of drug-likeness (QED) is 0.283. The van der Waals surface area contributed by atoms with Crippen LogP contribution < -0.4 is 10.7 Å². The minimum absolute atomic E-state index is 0.0848. The fraction of sp³-hybridized carbons (Fsp3) is 0.158. The van der Waals surface area contributed by atoms with Gasteiger partial charge in [0.2, 0.25) is 17.0 Å². The van der Waals surface area contributed by atoms with Crippen LogP contribution in [0.25, 0.3) is 0 Å². The molecule has 1 amide bonds. The van der Waals surface area contributed by atoms with Gasteiger partial charge in [-0.05, 0) is 23.6 Å². The molecule has 3 aromatic rings. The summed E-state index contributed by atoms with van der Waals surface area (Å²) in [5.74, 6) is 0.555. The minimum Gasteiger partial charge on any atom is -0.355 e. The summed E-state index contributed by atoms with van der Waals surface area (Å²) in [5, 5.41) is 14.9. The van der Waals surface area contributed by atoms with Gasteiger partial charge in [-0.15, -0.1) is 5.10 Å². The van der Waals surface area contributed by atoms with Gasteiger partial charge >= 0.3 is 0 Å². The zero-order valence-electron chi connectivity index (χ0n) is 14.9. The Hall–Kier alpha value is -2.84. The zero-order chi connectivity index (χ0) is 19.6. The summed E-state index contributed by atoms with van der Waals surface area (Å²) in [4.78, 5) is 16.2. The molecule has 0 radical (unpaired) electrons. The first-order chi connectivity index (χ1) is 13.7. The number of hydrazone groups is 1. The molecule has 3 N–H and O–H groups in total. The lowest BCUT2D eigenvalue weighted by Gasteiger charge is -2.05. The van der Waals surface area contributed by atoms with E-state index in [1.807, 2.05) is 54.6 Å². The molecule has 0 bridgehead atoms. The van der Waals surface area contributed by atoms with Crippen molar-refractivity contribution in [2.75, 3.05) is 17.7 Å². The van der Waals surface area contributed by atoms with E-state index >= 15 is 0 Å². The highest BCUT2D eigenvalue weighted by atomic mass is 35.5. The van der Waals surface area contributed by atoms with Gasteiger partial charge in [0.25, 0.3) is 0 Å². The Kier molecular flexibility index (Phi) is 7.45. The lowest BCUT2D eigenvalue weighted by atomic mass is 10.1. The van der Waals surface area contributed by atoms with Crippen molar-refractivity contribution >= 4 is 41.4 Å². The van der Waals surface area contributed by atoms with Crippen LogP contribution >= 0.6 is 23.4 Å². The normalized spacial score (nSPS) is 10.9. The van der Waals surface area contributed by atoms with Crippen molar-refractivity contribution < 1.29 is 4.79 Å². The number of hydrogen-bond donors (Lipinski definition) is 3. The monoisotopic (exact) mass is 414 g/mol. The number of halogens is 1. The van der Waals surface area contributed by atoms with Crippen LogP contribution in [0.4, 0.5) is 5.95 Å². The third-order valence-electron chi connectivity index (χ3n) is 3.66. The second kappa shape index (κ2) is 10.5. The highest BCUT2D eigenvalue weighted by Crippen LogP contribution is 2.15. The average molecular weight is 415 g/mol. The molecule has 9 heteroatoms. The molecule has 0 saturated heterocycles. The largest absolute Gasteiger partial charge is 0.355 e. The van der Waals surface area contributed by atoms with Crippen LogP contribution in [0.3, 0.4) is 0 Å². The minimum atomic E-state index is -0.0848. The first-order valence-electron chi connectivity index (χ1n) is 8.60. The van der Waals surface area contributed by atoms with Crippen LogP contribution in [0.1, 0.15) is 11.1 Å². The second-order valence-corrected chi connectivity index (χ2v) is 7.08. The molecule has 0 atom stereocenters. The molecular formula is C19H19ClN6OS. The van der Waals surface area contributed by atoms with Crippen LogP contribution in [0, 0.1) is 0 Å². The van der Waals surface area contributed by atoms with Gasteiger partial charge in [-0.25, -0.2) is 10.5 Å². The number of anilines is 1. The molecule has 7 nitrogen and oxygen atoms in total. The molecule has 0 aliphatic carbocycles. The Balaban J connectivity index is 1.37. The van der Waals surface area contributed by atoms with Crippen molar-refractivity contribution in [3.8, 4) is 0 Å². The van der Waals surface area contributed by atoms with Gasteiger partial charge in [0.1, 0.15) is 0 Å². The van der Waals surface area contributed by atoms with E-state index in [1.165, 1.54) is 11.8 Å². The number of thioether (sulfide) groups is 1. The van der Waals surface area contributed by atoms with Crippen molar-refractivity contribution in [1.82, 2.24) is 20.5 Å². The summed E-state index contributed by atoms with van der Waals surface area (Å²) >= 11 is 7.35. The number of H-pyrrole nitrogens is 1. The van der Waals surface area contributed by atoms with Gasteiger partial charge in [-0.2, -0.15) is 10.1 Å². The molecule has 0 saturated carbocycles. The second-order valence-electron chi connectivity index (χ2n) is 5.73. The Bertz CT molecular complexity index is 931. The summed E-state index contributed by atoms with van der Waals surface area (Å²) < 4.78 is 0. The van der Waals surface area contributed by atoms with E-state index in [4.69, 9.17) is 11.6 Å². The van der Waals surface area contributed by atoms with E-state index in [2.05, 4.69) is 31.0 Å². The maximum Gasteiger partial charge on any atom is 0.240 e. The number of nitrogens with zero attached hydrogens (tertiary/aromatic N) is 3. The first-order valence-corrected chi connectivity index (χ1v) is 9.96. The molecule has 0 fully saturated rings. The smallest absolute Gasteiger partial charge is 0.240 e. The first kappa shape index (κ1) is 19.9. The Morgan fingerprint density at radius 2 is 1.96 bits per heavy atom. The predicted molar refractivity (Wildman–Crippen MR) is 113 cm³/mol. The third kappa shape index (κ3) is 6.40. The molecule has 144 valence electrons. The van der Waals surface area contributed by atoms with Crippen molar-refractivity contribution in [3.05, 3.63) is 70.7 Å². The van der Waals surface area contributed by atoms with Gasteiger partial charge in [-0.1, -0.05) is 71.9 Å². The maximum atomic E-state index is 12.0. The Morgan fingerprint density at radius 1 is 1.18 bits per heavy atom. The lowest BCUT2D eigenvalue weighted by Crippen LogP contribution is -2.27. The van der Waals surface area contributed by atoms with Crippen LogP contribution in [-0.2, 0) is 11.2 Å². The predicted octanol–water partition coefficient (Wildman–Crippen LogP) is 3.36. The number of nitrogens with one attached hydrogen (secondary N) is 3. The molecule has 2 aromatic carbocycles. The summed E-state index contributed by atoms with van der Waals surface area (Å²) in [6.07, 6.45) is 2.37. The lowest BCUT2D eigenvalue weighted by molar-refractivity contribution is -0.118. The number of aromatic amines is 1. The zero-order valence-corrected chi connectivity index (χ0v) is 16.5. The highest BCUT2D eigenvalue weighted by Gasteiger charge is 2.07. The van der Waals surface area contributed by atoms with Crippen LogP contribution in [0.15, 0.2) is 64.9 Å². The Labute approximate surface area is 172 Å². The Morgan fingerprint density at radius 3 is 2.79 bits per heavy atom. The number of amides is 1. The number of rotatable bonds is 9. The van der Waals surface area contributed by atoms with Gasteiger partial charge < -0.3 is 5.32 Å². The van der Waals surface area contributed by atoms with Gasteiger partial charge in [0.15, 0.2) is 0 Å². The van der Waals surface area contributed by atoms with Gasteiger partial charge in [-0.3, -0.25) is 4.79 Å². The van der Waals surface area contributed by atoms with Crippen LogP contribution in [0.2, 0.25) is 5.02 Å². The van der Waals surface area contributed by atoms with E-state index < -0.39 is 0 Å². The van der Waals surface area contributed by atoms with Crippen molar-refractivity contribution in [1.29, 1.82) is 0 Å². The summed E-state index contributed by atoms with van der Waals surface area (Å²) in [6, 6.07) is 17.3. The maximum absolute atomic E-state index is 12.0. The molecule has 0 aliphatic heterocycles. The molecule has 0 aliphatic rings. The molecule has 3 rings (SSSR count). The third-order valence-corrected chi connectivity index (χ3v) is 4.87. The van der Waals surface area contributed by atoms with E-state index in [0.29, 0.717) is 29.1 Å². The van der Waals surface area contributed by atoms with E-state index in [0.717, 1.165) is 11.1 Å². The van der Waals surface area contributed by atoms with E-state index in [1.54, 1.807) is 6.21 Å².